The van der Waals surface area contributed by atoms with Gasteiger partial charge in [0.1, 0.15) is 17.1 Å². The molecule has 0 aliphatic rings. The number of hydrogen-bond donors (Lipinski definition) is 1. The minimum absolute atomic E-state index is 0.175. The molecule has 0 aliphatic carbocycles. The molecule has 122 valence electrons. The van der Waals surface area contributed by atoms with Crippen LogP contribution in [0.1, 0.15) is 22.0 Å². The Morgan fingerprint density at radius 2 is 1.75 bits per heavy atom. The number of benzene rings is 1. The molecule has 0 saturated carbocycles. The third kappa shape index (κ3) is 1.91. The van der Waals surface area contributed by atoms with Crippen LogP contribution in [0, 0.1) is 13.8 Å². The minimum atomic E-state index is -1.16. The van der Waals surface area contributed by atoms with Crippen LogP contribution in [0.3, 0.4) is 0 Å². The van der Waals surface area contributed by atoms with E-state index in [4.69, 9.17) is 23.2 Å². The lowest BCUT2D eigenvalue weighted by atomic mass is 10.0. The summed E-state index contributed by atoms with van der Waals surface area (Å²) in [5.74, 6) is 1.07. The molecule has 4 rings (SSSR count). The van der Waals surface area contributed by atoms with Crippen LogP contribution in [0.2, 0.25) is 0 Å². The van der Waals surface area contributed by atoms with Gasteiger partial charge in [0.05, 0.1) is 18.1 Å². The molecule has 0 bridgehead atoms. The quantitative estimate of drug-likeness (QED) is 0.603. The van der Waals surface area contributed by atoms with Gasteiger partial charge >= 0.3 is 5.97 Å². The maximum atomic E-state index is 11.1. The fourth-order valence-corrected chi connectivity index (χ4v) is 2.92. The number of hydrogen-bond acceptors (Lipinski definition) is 6. The van der Waals surface area contributed by atoms with E-state index in [1.54, 1.807) is 7.11 Å². The van der Waals surface area contributed by atoms with Gasteiger partial charge < -0.3 is 23.2 Å². The summed E-state index contributed by atoms with van der Waals surface area (Å²) in [6.07, 6.45) is 0. The molecule has 7 heteroatoms. The number of carbonyl (C=O) groups is 1. The summed E-state index contributed by atoms with van der Waals surface area (Å²) in [5.41, 5.74) is 1.49. The number of carboxylic acid groups (broad SMARTS) is 1. The second-order valence-electron chi connectivity index (χ2n) is 5.49. The number of fused-ring (bicyclic) bond motifs is 2. The Balaban J connectivity index is 2.16. The second kappa shape index (κ2) is 4.89. The highest BCUT2D eigenvalue weighted by molar-refractivity contribution is 6.13. The first kappa shape index (κ1) is 14.4. The lowest BCUT2D eigenvalue weighted by molar-refractivity contribution is 0.0686. The van der Waals surface area contributed by atoms with Crippen LogP contribution < -0.4 is 4.74 Å². The van der Waals surface area contributed by atoms with Gasteiger partial charge in [0.25, 0.3) is 0 Å². The topological polar surface area (TPSA) is 98.8 Å². The number of methoxy groups -OCH3 is 1. The second-order valence-corrected chi connectivity index (χ2v) is 5.49. The van der Waals surface area contributed by atoms with Crippen molar-refractivity contribution in [2.24, 2.45) is 0 Å². The Morgan fingerprint density at radius 3 is 2.38 bits per heavy atom. The van der Waals surface area contributed by atoms with E-state index in [1.165, 1.54) is 6.07 Å². The number of aryl methyl sites for hydroxylation is 2. The SMILES string of the molecule is COc1c2cc(C)oc2c(-c2cc(C(=O)O)no2)c2cc(C)oc12. The number of aromatic nitrogens is 1. The van der Waals surface area contributed by atoms with E-state index < -0.39 is 5.97 Å². The molecular formula is C17H13NO6. The van der Waals surface area contributed by atoms with Crippen LogP contribution in [-0.4, -0.2) is 23.3 Å². The first-order valence-electron chi connectivity index (χ1n) is 7.20. The number of rotatable bonds is 3. The summed E-state index contributed by atoms with van der Waals surface area (Å²) >= 11 is 0. The maximum Gasteiger partial charge on any atom is 0.358 e. The Bertz CT molecular complexity index is 1040. The van der Waals surface area contributed by atoms with Crippen LogP contribution in [0.15, 0.2) is 31.6 Å². The summed E-state index contributed by atoms with van der Waals surface area (Å²) in [6.45, 7) is 3.64. The first-order chi connectivity index (χ1) is 11.5. The highest BCUT2D eigenvalue weighted by Crippen LogP contribution is 2.45. The van der Waals surface area contributed by atoms with E-state index >= 15 is 0 Å². The molecule has 0 saturated heterocycles. The molecule has 0 amide bonds. The van der Waals surface area contributed by atoms with E-state index in [9.17, 15) is 4.79 Å². The third-order valence-corrected chi connectivity index (χ3v) is 3.84. The average molecular weight is 327 g/mol. The zero-order valence-electron chi connectivity index (χ0n) is 13.2. The van der Waals surface area contributed by atoms with Crippen LogP contribution in [0.4, 0.5) is 0 Å². The monoisotopic (exact) mass is 327 g/mol. The van der Waals surface area contributed by atoms with Crippen LogP contribution in [0.5, 0.6) is 5.75 Å². The fourth-order valence-electron chi connectivity index (χ4n) is 2.92. The van der Waals surface area contributed by atoms with Crippen molar-refractivity contribution >= 4 is 27.9 Å². The summed E-state index contributed by atoms with van der Waals surface area (Å²) < 4.78 is 22.4. The van der Waals surface area contributed by atoms with Crippen molar-refractivity contribution in [2.75, 3.05) is 7.11 Å². The first-order valence-corrected chi connectivity index (χ1v) is 7.20. The van der Waals surface area contributed by atoms with Crippen LogP contribution in [0.25, 0.3) is 33.3 Å². The van der Waals surface area contributed by atoms with Crippen LogP contribution in [-0.2, 0) is 0 Å². The Morgan fingerprint density at radius 1 is 1.08 bits per heavy atom. The lowest BCUT2D eigenvalue weighted by Crippen LogP contribution is -1.94. The molecule has 0 atom stereocenters. The van der Waals surface area contributed by atoms with Gasteiger partial charge in [0.15, 0.2) is 22.8 Å². The normalized spacial score (nSPS) is 11.5. The summed E-state index contributed by atoms with van der Waals surface area (Å²) in [7, 11) is 1.56. The van der Waals surface area contributed by atoms with Crippen molar-refractivity contribution in [2.45, 2.75) is 13.8 Å². The zero-order chi connectivity index (χ0) is 17.0. The largest absolute Gasteiger partial charge is 0.492 e. The molecule has 0 fully saturated rings. The minimum Gasteiger partial charge on any atom is -0.492 e. The van der Waals surface area contributed by atoms with Crippen molar-refractivity contribution in [1.82, 2.24) is 5.16 Å². The van der Waals surface area contributed by atoms with E-state index in [2.05, 4.69) is 5.16 Å². The molecule has 1 aromatic carbocycles. The van der Waals surface area contributed by atoms with E-state index in [0.717, 1.165) is 5.39 Å². The average Bonchev–Trinajstić information content (AvgIpc) is 3.21. The lowest BCUT2D eigenvalue weighted by Gasteiger charge is -2.06. The standard InChI is InChI=1S/C17H13NO6/c1-7-4-9-13(12-6-11(17(19)20)18-24-12)14-10(5-8(2)22-14)15(21-3)16(9)23-7/h4-6H,1-3H3,(H,19,20). The maximum absolute atomic E-state index is 11.1. The molecule has 24 heavy (non-hydrogen) atoms. The van der Waals surface area contributed by atoms with Crippen molar-refractivity contribution < 1.29 is 28.0 Å². The van der Waals surface area contributed by atoms with Gasteiger partial charge in [-0.05, 0) is 26.0 Å². The molecule has 3 heterocycles. The molecular weight excluding hydrogens is 314 g/mol. The Kier molecular flexibility index (Phi) is 2.93. The van der Waals surface area contributed by atoms with Gasteiger partial charge in [-0.3, -0.25) is 0 Å². The van der Waals surface area contributed by atoms with Crippen molar-refractivity contribution in [1.29, 1.82) is 0 Å². The van der Waals surface area contributed by atoms with Gasteiger partial charge in [-0.1, -0.05) is 5.16 Å². The van der Waals surface area contributed by atoms with Gasteiger partial charge in [0.2, 0.25) is 0 Å². The molecule has 0 unspecified atom stereocenters. The predicted molar refractivity (Wildman–Crippen MR) is 84.5 cm³/mol. The molecule has 0 spiro atoms. The zero-order valence-corrected chi connectivity index (χ0v) is 13.2. The van der Waals surface area contributed by atoms with E-state index in [1.807, 2.05) is 26.0 Å². The summed E-state index contributed by atoms with van der Waals surface area (Å²) in [6, 6.07) is 5.03. The number of furan rings is 2. The number of carboxylic acids is 1. The van der Waals surface area contributed by atoms with Gasteiger partial charge in [-0.2, -0.15) is 0 Å². The van der Waals surface area contributed by atoms with Gasteiger partial charge in [-0.15, -0.1) is 0 Å². The highest BCUT2D eigenvalue weighted by atomic mass is 16.5. The fraction of sp³-hybridized carbons (Fsp3) is 0.176. The molecule has 0 radical (unpaired) electrons. The number of aromatic carboxylic acids is 1. The van der Waals surface area contributed by atoms with E-state index in [0.29, 0.717) is 45.1 Å². The van der Waals surface area contributed by atoms with Crippen molar-refractivity contribution in [3.63, 3.8) is 0 Å². The number of ether oxygens (including phenoxy) is 1. The molecule has 7 nitrogen and oxygen atoms in total. The molecule has 1 N–H and O–H groups in total. The predicted octanol–water partition coefficient (Wildman–Crippen LogP) is 4.16. The third-order valence-electron chi connectivity index (χ3n) is 3.84. The Hall–Kier alpha value is -3.22. The Labute approximate surface area is 135 Å². The molecule has 3 aromatic heterocycles. The van der Waals surface area contributed by atoms with Crippen molar-refractivity contribution in [3.05, 3.63) is 35.4 Å². The van der Waals surface area contributed by atoms with Crippen molar-refractivity contribution in [3.8, 4) is 17.1 Å². The van der Waals surface area contributed by atoms with E-state index in [-0.39, 0.29) is 5.69 Å². The molecule has 0 aliphatic heterocycles. The smallest absolute Gasteiger partial charge is 0.358 e. The summed E-state index contributed by atoms with van der Waals surface area (Å²) in [4.78, 5) is 11.1. The number of nitrogens with zero attached hydrogens (tertiary/aromatic N) is 1. The van der Waals surface area contributed by atoms with Gasteiger partial charge in [0, 0.05) is 11.5 Å². The molecule has 4 aromatic rings. The highest BCUT2D eigenvalue weighted by Gasteiger charge is 2.25. The van der Waals surface area contributed by atoms with Gasteiger partial charge in [-0.25, -0.2) is 4.79 Å². The summed E-state index contributed by atoms with van der Waals surface area (Å²) in [5, 5.41) is 14.1. The van der Waals surface area contributed by atoms with Crippen LogP contribution >= 0.6 is 0 Å².